The molecule has 0 aliphatic carbocycles. The van der Waals surface area contributed by atoms with Gasteiger partial charge in [-0.25, -0.2) is 0 Å². The molecule has 21 heavy (non-hydrogen) atoms. The van der Waals surface area contributed by atoms with Gasteiger partial charge >= 0.3 is 0 Å². The molecule has 0 aliphatic heterocycles. The average Bonchev–Trinajstić information content (AvgIpc) is 2.93. The summed E-state index contributed by atoms with van der Waals surface area (Å²) in [6, 6.07) is 12.3. The van der Waals surface area contributed by atoms with Crippen LogP contribution in [0.3, 0.4) is 0 Å². The van der Waals surface area contributed by atoms with Crippen LogP contribution in [-0.4, -0.2) is 5.78 Å². The monoisotopic (exact) mass is 298 g/mol. The van der Waals surface area contributed by atoms with Crippen LogP contribution in [0.25, 0.3) is 6.08 Å². The molecule has 2 heteroatoms. The molecule has 0 saturated heterocycles. The molecule has 110 valence electrons. The van der Waals surface area contributed by atoms with Crippen molar-refractivity contribution in [1.82, 2.24) is 0 Å². The van der Waals surface area contributed by atoms with E-state index in [1.807, 2.05) is 18.2 Å². The molecule has 0 fully saturated rings. The van der Waals surface area contributed by atoms with Crippen LogP contribution >= 0.6 is 11.3 Å². The number of thiophene rings is 1. The highest BCUT2D eigenvalue weighted by atomic mass is 32.1. The second-order valence-corrected chi connectivity index (χ2v) is 7.36. The number of carbonyl (C=O) groups is 1. The number of rotatable bonds is 4. The lowest BCUT2D eigenvalue weighted by molar-refractivity contribution is 0.105. The summed E-state index contributed by atoms with van der Waals surface area (Å²) in [7, 11) is 0. The van der Waals surface area contributed by atoms with Gasteiger partial charge in [0.1, 0.15) is 0 Å². The first-order valence-corrected chi connectivity index (χ1v) is 8.13. The highest BCUT2D eigenvalue weighted by Crippen LogP contribution is 2.23. The third-order valence-corrected chi connectivity index (χ3v) is 4.70. The average molecular weight is 298 g/mol. The summed E-state index contributed by atoms with van der Waals surface area (Å²) < 4.78 is 0. The van der Waals surface area contributed by atoms with Gasteiger partial charge in [-0.1, -0.05) is 58.0 Å². The van der Waals surface area contributed by atoms with E-state index < -0.39 is 0 Å². The fourth-order valence-electron chi connectivity index (χ4n) is 2.05. The third-order valence-electron chi connectivity index (χ3n) is 3.46. The van der Waals surface area contributed by atoms with Crippen LogP contribution in [0.2, 0.25) is 0 Å². The number of aryl methyl sites for hydroxylation is 1. The maximum atomic E-state index is 12.1. The molecule has 0 unspecified atom stereocenters. The third kappa shape index (κ3) is 4.15. The maximum absolute atomic E-state index is 12.1. The lowest BCUT2D eigenvalue weighted by atomic mass is 9.87. The van der Waals surface area contributed by atoms with Crippen LogP contribution in [0.15, 0.2) is 42.5 Å². The summed E-state index contributed by atoms with van der Waals surface area (Å²) in [5.41, 5.74) is 2.52. The molecule has 0 aliphatic rings. The summed E-state index contributed by atoms with van der Waals surface area (Å²) in [4.78, 5) is 14.2. The Hall–Kier alpha value is -1.67. The van der Waals surface area contributed by atoms with Crippen molar-refractivity contribution in [2.75, 3.05) is 0 Å². The van der Waals surface area contributed by atoms with Crippen molar-refractivity contribution in [2.24, 2.45) is 0 Å². The predicted molar refractivity (Wildman–Crippen MR) is 92.2 cm³/mol. The summed E-state index contributed by atoms with van der Waals surface area (Å²) in [5.74, 6) is 0.0830. The van der Waals surface area contributed by atoms with Gasteiger partial charge in [0.05, 0.1) is 4.88 Å². The summed E-state index contributed by atoms with van der Waals surface area (Å²) in [6.07, 6.45) is 4.54. The van der Waals surface area contributed by atoms with E-state index in [2.05, 4.69) is 52.0 Å². The minimum atomic E-state index is 0.0830. The van der Waals surface area contributed by atoms with Crippen LogP contribution in [0.4, 0.5) is 0 Å². The van der Waals surface area contributed by atoms with Crippen molar-refractivity contribution in [3.05, 3.63) is 63.4 Å². The molecule has 2 rings (SSSR count). The number of benzene rings is 1. The van der Waals surface area contributed by atoms with Crippen LogP contribution < -0.4 is 0 Å². The Kier molecular flexibility index (Phi) is 4.79. The molecule has 0 N–H and O–H groups in total. The highest BCUT2D eigenvalue weighted by molar-refractivity contribution is 7.14. The molecule has 1 heterocycles. The molecule has 0 atom stereocenters. The zero-order chi connectivity index (χ0) is 15.5. The van der Waals surface area contributed by atoms with E-state index in [4.69, 9.17) is 0 Å². The number of allylic oxidation sites excluding steroid dienone is 1. The van der Waals surface area contributed by atoms with Crippen molar-refractivity contribution in [1.29, 1.82) is 0 Å². The summed E-state index contributed by atoms with van der Waals surface area (Å²) in [5, 5.41) is 0. The van der Waals surface area contributed by atoms with E-state index >= 15 is 0 Å². The van der Waals surface area contributed by atoms with Gasteiger partial charge in [-0.05, 0) is 41.2 Å². The molecule has 0 saturated carbocycles. The standard InChI is InChI=1S/C19H22OS/c1-5-16-11-13-18(21-16)17(20)12-8-14-6-9-15(10-7-14)19(2,3)4/h6-13H,5H2,1-4H3/b12-8+. The quantitative estimate of drug-likeness (QED) is 0.537. The van der Waals surface area contributed by atoms with Crippen molar-refractivity contribution in [2.45, 2.75) is 39.5 Å². The Bertz CT molecular complexity index is 639. The fourth-order valence-corrected chi connectivity index (χ4v) is 2.92. The van der Waals surface area contributed by atoms with E-state index in [9.17, 15) is 4.79 Å². The van der Waals surface area contributed by atoms with Crippen LogP contribution in [-0.2, 0) is 11.8 Å². The summed E-state index contributed by atoms with van der Waals surface area (Å²) in [6.45, 7) is 8.70. The Labute approximate surface area is 131 Å². The summed E-state index contributed by atoms with van der Waals surface area (Å²) >= 11 is 1.58. The minimum absolute atomic E-state index is 0.0830. The second kappa shape index (κ2) is 6.40. The lowest BCUT2D eigenvalue weighted by Gasteiger charge is -2.18. The van der Waals surface area contributed by atoms with Crippen molar-refractivity contribution >= 4 is 23.2 Å². The molecule has 2 aromatic rings. The van der Waals surface area contributed by atoms with Gasteiger partial charge in [0.25, 0.3) is 0 Å². The highest BCUT2D eigenvalue weighted by Gasteiger charge is 2.12. The van der Waals surface area contributed by atoms with Crippen molar-refractivity contribution < 1.29 is 4.79 Å². The Morgan fingerprint density at radius 1 is 1.10 bits per heavy atom. The van der Waals surface area contributed by atoms with Gasteiger partial charge in [-0.2, -0.15) is 0 Å². The van der Waals surface area contributed by atoms with E-state index in [0.717, 1.165) is 16.9 Å². The van der Waals surface area contributed by atoms with Gasteiger partial charge < -0.3 is 0 Å². The zero-order valence-corrected chi connectivity index (χ0v) is 14.0. The normalized spacial score (nSPS) is 12.0. The van der Waals surface area contributed by atoms with Gasteiger partial charge in [0.2, 0.25) is 0 Å². The molecule has 0 spiro atoms. The molecule has 1 aromatic carbocycles. The SMILES string of the molecule is CCc1ccc(C(=O)/C=C/c2ccc(C(C)(C)C)cc2)s1. The lowest BCUT2D eigenvalue weighted by Crippen LogP contribution is -2.10. The molecule has 1 aromatic heterocycles. The molecule has 0 amide bonds. The van der Waals surface area contributed by atoms with E-state index in [0.29, 0.717) is 0 Å². The molecular weight excluding hydrogens is 276 g/mol. The van der Waals surface area contributed by atoms with Crippen LogP contribution in [0.1, 0.15) is 53.4 Å². The molecule has 0 radical (unpaired) electrons. The van der Waals surface area contributed by atoms with Crippen LogP contribution in [0.5, 0.6) is 0 Å². The van der Waals surface area contributed by atoms with Gasteiger partial charge in [0.15, 0.2) is 5.78 Å². The molecule has 1 nitrogen and oxygen atoms in total. The van der Waals surface area contributed by atoms with Crippen molar-refractivity contribution in [3.8, 4) is 0 Å². The van der Waals surface area contributed by atoms with E-state index in [1.165, 1.54) is 10.4 Å². The van der Waals surface area contributed by atoms with E-state index in [-0.39, 0.29) is 11.2 Å². The van der Waals surface area contributed by atoms with Gasteiger partial charge in [0, 0.05) is 4.88 Å². The first-order valence-electron chi connectivity index (χ1n) is 7.32. The van der Waals surface area contributed by atoms with Crippen LogP contribution in [0, 0.1) is 0 Å². The predicted octanol–water partition coefficient (Wildman–Crippen LogP) is 5.50. The Balaban J connectivity index is 2.08. The first-order chi connectivity index (χ1) is 9.90. The Morgan fingerprint density at radius 3 is 2.29 bits per heavy atom. The topological polar surface area (TPSA) is 17.1 Å². The minimum Gasteiger partial charge on any atom is -0.288 e. The fraction of sp³-hybridized carbons (Fsp3) is 0.316. The van der Waals surface area contributed by atoms with E-state index in [1.54, 1.807) is 17.4 Å². The maximum Gasteiger partial charge on any atom is 0.195 e. The molecular formula is C19H22OS. The largest absolute Gasteiger partial charge is 0.288 e. The number of ketones is 1. The number of carbonyl (C=O) groups excluding carboxylic acids is 1. The van der Waals surface area contributed by atoms with Gasteiger partial charge in [-0.15, -0.1) is 11.3 Å². The molecule has 0 bridgehead atoms. The Morgan fingerprint density at radius 2 is 1.76 bits per heavy atom. The number of hydrogen-bond acceptors (Lipinski definition) is 2. The van der Waals surface area contributed by atoms with Gasteiger partial charge in [-0.3, -0.25) is 4.79 Å². The zero-order valence-electron chi connectivity index (χ0n) is 13.1. The first kappa shape index (κ1) is 15.7. The number of hydrogen-bond donors (Lipinski definition) is 0. The second-order valence-electron chi connectivity index (χ2n) is 6.19. The smallest absolute Gasteiger partial charge is 0.195 e. The van der Waals surface area contributed by atoms with Crippen molar-refractivity contribution in [3.63, 3.8) is 0 Å².